The van der Waals surface area contributed by atoms with E-state index in [4.69, 9.17) is 5.73 Å². The van der Waals surface area contributed by atoms with Crippen LogP contribution in [-0.2, 0) is 4.74 Å². The summed E-state index contributed by atoms with van der Waals surface area (Å²) in [6, 6.07) is -1.40. The number of likely N-dealkylation sites (tertiary alicyclic amines) is 1. The second-order valence-electron chi connectivity index (χ2n) is 4.50. The smallest absolute Gasteiger partial charge is 0.407 e. The summed E-state index contributed by atoms with van der Waals surface area (Å²) in [6.07, 6.45) is -5.96. The van der Waals surface area contributed by atoms with E-state index in [1.54, 1.807) is 0 Å². The van der Waals surface area contributed by atoms with Crippen LogP contribution in [0.15, 0.2) is 0 Å². The zero-order chi connectivity index (χ0) is 14.6. The molecule has 19 heavy (non-hydrogen) atoms. The van der Waals surface area contributed by atoms with Crippen LogP contribution in [0.5, 0.6) is 0 Å². The Morgan fingerprint density at radius 3 is 2.53 bits per heavy atom. The first-order chi connectivity index (χ1) is 8.71. The fourth-order valence-electron chi connectivity index (χ4n) is 2.19. The summed E-state index contributed by atoms with van der Waals surface area (Å²) in [4.78, 5) is 23.2. The highest BCUT2D eigenvalue weighted by Gasteiger charge is 2.37. The van der Waals surface area contributed by atoms with Crippen molar-refractivity contribution >= 4 is 12.1 Å². The predicted molar refractivity (Wildman–Crippen MR) is 59.3 cm³/mol. The van der Waals surface area contributed by atoms with Crippen molar-refractivity contribution in [2.45, 2.75) is 25.1 Å². The molecule has 1 aliphatic rings. The Morgan fingerprint density at radius 1 is 1.42 bits per heavy atom. The van der Waals surface area contributed by atoms with Crippen molar-refractivity contribution < 1.29 is 27.5 Å². The average Bonchev–Trinajstić information content (AvgIpc) is 2.25. The lowest BCUT2D eigenvalue weighted by Crippen LogP contribution is -2.54. The molecule has 3 amide bonds. The molecule has 0 saturated carbocycles. The second kappa shape index (κ2) is 5.98. The van der Waals surface area contributed by atoms with E-state index in [1.165, 1.54) is 0 Å². The largest absolute Gasteiger partial charge is 0.453 e. The van der Waals surface area contributed by atoms with Gasteiger partial charge in [0.2, 0.25) is 0 Å². The van der Waals surface area contributed by atoms with Crippen molar-refractivity contribution in [3.05, 3.63) is 0 Å². The third-order valence-corrected chi connectivity index (χ3v) is 2.88. The Morgan fingerprint density at radius 2 is 2.05 bits per heavy atom. The molecule has 110 valence electrons. The average molecular weight is 283 g/mol. The van der Waals surface area contributed by atoms with Crippen molar-refractivity contribution in [2.24, 2.45) is 11.7 Å². The van der Waals surface area contributed by atoms with Crippen LogP contribution in [0.3, 0.4) is 0 Å². The van der Waals surface area contributed by atoms with Gasteiger partial charge in [0, 0.05) is 19.5 Å². The summed E-state index contributed by atoms with van der Waals surface area (Å²) < 4.78 is 41.5. The molecule has 0 aliphatic carbocycles. The molecule has 0 aromatic carbocycles. The van der Waals surface area contributed by atoms with Crippen molar-refractivity contribution in [2.75, 3.05) is 20.2 Å². The summed E-state index contributed by atoms with van der Waals surface area (Å²) in [5.74, 6) is -0.789. The summed E-state index contributed by atoms with van der Waals surface area (Å²) in [5, 5.41) is 2.39. The Balaban J connectivity index is 2.68. The maximum Gasteiger partial charge on any atom is 0.407 e. The number of nitrogens with one attached hydrogen (secondary N) is 1. The van der Waals surface area contributed by atoms with Crippen molar-refractivity contribution in [3.8, 4) is 0 Å². The zero-order valence-electron chi connectivity index (χ0n) is 10.4. The SMILES string of the molecule is COC(=O)NC1CC(CC(F)(F)F)CN(C(N)=O)C1. The molecule has 0 aromatic heterocycles. The highest BCUT2D eigenvalue weighted by Crippen LogP contribution is 2.30. The van der Waals surface area contributed by atoms with Gasteiger partial charge in [-0.1, -0.05) is 0 Å². The number of nitrogens with zero attached hydrogens (tertiary/aromatic N) is 1. The van der Waals surface area contributed by atoms with E-state index in [9.17, 15) is 22.8 Å². The summed E-state index contributed by atoms with van der Waals surface area (Å²) in [5.41, 5.74) is 5.08. The number of nitrogens with two attached hydrogens (primary N) is 1. The molecule has 1 rings (SSSR count). The number of halogens is 3. The van der Waals surface area contributed by atoms with Gasteiger partial charge in [-0.15, -0.1) is 0 Å². The molecule has 2 unspecified atom stereocenters. The molecule has 1 heterocycles. The Hall–Kier alpha value is -1.67. The van der Waals surface area contributed by atoms with Crippen LogP contribution in [0.4, 0.5) is 22.8 Å². The number of piperidine rings is 1. The van der Waals surface area contributed by atoms with Gasteiger partial charge in [0.1, 0.15) is 0 Å². The Labute approximate surface area is 108 Å². The molecule has 1 saturated heterocycles. The maximum absolute atomic E-state index is 12.4. The summed E-state index contributed by atoms with van der Waals surface area (Å²) in [6.45, 7) is 0.0208. The van der Waals surface area contributed by atoms with Crippen LogP contribution in [0, 0.1) is 5.92 Å². The highest BCUT2D eigenvalue weighted by atomic mass is 19.4. The number of carbonyl (C=O) groups is 2. The molecule has 2 atom stereocenters. The number of carbonyl (C=O) groups excluding carboxylic acids is 2. The zero-order valence-corrected chi connectivity index (χ0v) is 10.4. The molecule has 0 aromatic rings. The minimum atomic E-state index is -4.32. The highest BCUT2D eigenvalue weighted by molar-refractivity contribution is 5.72. The fourth-order valence-corrected chi connectivity index (χ4v) is 2.19. The number of urea groups is 1. The molecule has 9 heteroatoms. The third kappa shape index (κ3) is 5.23. The number of methoxy groups -OCH3 is 1. The van der Waals surface area contributed by atoms with Crippen LogP contribution >= 0.6 is 0 Å². The van der Waals surface area contributed by atoms with E-state index < -0.39 is 36.7 Å². The van der Waals surface area contributed by atoms with Gasteiger partial charge in [-0.05, 0) is 12.3 Å². The normalized spacial score (nSPS) is 23.9. The van der Waals surface area contributed by atoms with E-state index in [1.807, 2.05) is 0 Å². The summed E-state index contributed by atoms with van der Waals surface area (Å²) in [7, 11) is 1.15. The van der Waals surface area contributed by atoms with Gasteiger partial charge in [-0.3, -0.25) is 0 Å². The van der Waals surface area contributed by atoms with Crippen molar-refractivity contribution in [1.82, 2.24) is 10.2 Å². The molecule has 1 aliphatic heterocycles. The number of alkyl halides is 3. The lowest BCUT2D eigenvalue weighted by molar-refractivity contribution is -0.147. The van der Waals surface area contributed by atoms with Crippen LogP contribution in [0.1, 0.15) is 12.8 Å². The monoisotopic (exact) mass is 283 g/mol. The van der Waals surface area contributed by atoms with Gasteiger partial charge < -0.3 is 20.7 Å². The van der Waals surface area contributed by atoms with E-state index >= 15 is 0 Å². The van der Waals surface area contributed by atoms with Crippen LogP contribution in [0.2, 0.25) is 0 Å². The van der Waals surface area contributed by atoms with Gasteiger partial charge in [0.15, 0.2) is 0 Å². The Bertz CT molecular complexity index is 349. The number of alkyl carbamates (subject to hydrolysis) is 1. The number of hydrogen-bond donors (Lipinski definition) is 2. The van der Waals surface area contributed by atoms with Gasteiger partial charge in [-0.2, -0.15) is 13.2 Å². The molecule has 6 nitrogen and oxygen atoms in total. The van der Waals surface area contributed by atoms with E-state index in [0.29, 0.717) is 0 Å². The molecular weight excluding hydrogens is 267 g/mol. The van der Waals surface area contributed by atoms with Gasteiger partial charge in [-0.25, -0.2) is 9.59 Å². The van der Waals surface area contributed by atoms with Crippen LogP contribution in [0.25, 0.3) is 0 Å². The topological polar surface area (TPSA) is 84.7 Å². The van der Waals surface area contributed by atoms with Crippen LogP contribution < -0.4 is 11.1 Å². The molecule has 0 spiro atoms. The number of amides is 3. The predicted octanol–water partition coefficient (Wildman–Crippen LogP) is 1.06. The van der Waals surface area contributed by atoms with E-state index in [2.05, 4.69) is 10.1 Å². The quantitative estimate of drug-likeness (QED) is 0.794. The van der Waals surface area contributed by atoms with Crippen molar-refractivity contribution in [1.29, 1.82) is 0 Å². The van der Waals surface area contributed by atoms with Gasteiger partial charge in [0.25, 0.3) is 0 Å². The molecule has 0 radical (unpaired) electrons. The van der Waals surface area contributed by atoms with Crippen molar-refractivity contribution in [3.63, 3.8) is 0 Å². The minimum absolute atomic E-state index is 0.0613. The van der Waals surface area contributed by atoms with Crippen LogP contribution in [-0.4, -0.2) is 49.4 Å². The second-order valence-corrected chi connectivity index (χ2v) is 4.50. The third-order valence-electron chi connectivity index (χ3n) is 2.88. The van der Waals surface area contributed by atoms with Gasteiger partial charge >= 0.3 is 18.3 Å². The molecule has 3 N–H and O–H groups in total. The number of ether oxygens (including phenoxy) is 1. The number of primary amides is 1. The first kappa shape index (κ1) is 15.4. The molecule has 0 bridgehead atoms. The first-order valence-corrected chi connectivity index (χ1v) is 5.67. The number of hydrogen-bond acceptors (Lipinski definition) is 3. The van der Waals surface area contributed by atoms with E-state index in [-0.39, 0.29) is 19.5 Å². The molecular formula is C10H16F3N3O3. The maximum atomic E-state index is 12.4. The summed E-state index contributed by atoms with van der Waals surface area (Å²) >= 11 is 0. The minimum Gasteiger partial charge on any atom is -0.453 e. The lowest BCUT2D eigenvalue weighted by Gasteiger charge is -2.37. The standard InChI is InChI=1S/C10H16F3N3O3/c1-19-9(18)15-7-2-6(3-10(11,12)13)4-16(5-7)8(14)17/h6-7H,2-5H2,1H3,(H2,14,17)(H,15,18). The number of rotatable bonds is 2. The van der Waals surface area contributed by atoms with Gasteiger partial charge in [0.05, 0.1) is 13.2 Å². The van der Waals surface area contributed by atoms with E-state index in [0.717, 1.165) is 12.0 Å². The molecule has 1 fully saturated rings. The lowest BCUT2D eigenvalue weighted by atomic mass is 9.91. The first-order valence-electron chi connectivity index (χ1n) is 5.67. The fraction of sp³-hybridized carbons (Fsp3) is 0.800. The Kier molecular flexibility index (Phi) is 4.84.